The van der Waals surface area contributed by atoms with E-state index in [4.69, 9.17) is 10.7 Å². The Morgan fingerprint density at radius 1 is 1.25 bits per heavy atom. The van der Waals surface area contributed by atoms with E-state index in [-0.39, 0.29) is 0 Å². The fourth-order valence-electron chi connectivity index (χ4n) is 3.26. The van der Waals surface area contributed by atoms with Crippen LogP contribution in [0.2, 0.25) is 0 Å². The van der Waals surface area contributed by atoms with E-state index in [2.05, 4.69) is 37.8 Å². The summed E-state index contributed by atoms with van der Waals surface area (Å²) in [4.78, 5) is 7.32. The normalized spacial score (nSPS) is 17.7. The Morgan fingerprint density at radius 3 is 2.55 bits per heavy atom. The van der Waals surface area contributed by atoms with E-state index in [9.17, 15) is 0 Å². The first-order valence-electron chi connectivity index (χ1n) is 8.11. The lowest BCUT2D eigenvalue weighted by Crippen LogP contribution is -2.27. The first kappa shape index (κ1) is 15.3. The van der Waals surface area contributed by atoms with Crippen molar-refractivity contribution in [3.8, 4) is 0 Å². The highest BCUT2D eigenvalue weighted by molar-refractivity contribution is 5.44. The molecule has 20 heavy (non-hydrogen) atoms. The summed E-state index contributed by atoms with van der Waals surface area (Å²) in [6.45, 7) is 9.72. The first-order chi connectivity index (χ1) is 9.66. The molecule has 0 radical (unpaired) electrons. The minimum Gasteiger partial charge on any atom is -0.356 e. The molecule has 0 saturated carbocycles. The van der Waals surface area contributed by atoms with Crippen molar-refractivity contribution in [1.29, 1.82) is 0 Å². The van der Waals surface area contributed by atoms with Gasteiger partial charge in [-0.3, -0.25) is 0 Å². The van der Waals surface area contributed by atoms with Gasteiger partial charge in [-0.1, -0.05) is 27.2 Å². The molecule has 0 unspecified atom stereocenters. The summed E-state index contributed by atoms with van der Waals surface area (Å²) in [5, 5.41) is 0. The van der Waals surface area contributed by atoms with Crippen LogP contribution in [0.4, 0.5) is 5.82 Å². The molecule has 1 aliphatic rings. The molecule has 1 aliphatic heterocycles. The van der Waals surface area contributed by atoms with Crippen LogP contribution < -0.4 is 10.6 Å². The van der Waals surface area contributed by atoms with E-state index in [1.165, 1.54) is 30.5 Å². The van der Waals surface area contributed by atoms with Crippen LogP contribution in [-0.2, 0) is 13.0 Å². The van der Waals surface area contributed by atoms with Gasteiger partial charge in [-0.15, -0.1) is 0 Å². The predicted octanol–water partition coefficient (Wildman–Crippen LogP) is 3.51. The molecule has 0 spiro atoms. The molecule has 112 valence electrons. The van der Waals surface area contributed by atoms with Crippen LogP contribution in [0.3, 0.4) is 0 Å². The molecule has 1 aromatic heterocycles. The third-order valence-corrected chi connectivity index (χ3v) is 4.93. The SMILES string of the molecule is CCCc1cc(CN)cc(N2CCC(CC)(CC)C2)n1. The zero-order valence-electron chi connectivity index (χ0n) is 13.3. The fourth-order valence-corrected chi connectivity index (χ4v) is 3.26. The highest BCUT2D eigenvalue weighted by Crippen LogP contribution is 2.38. The number of nitrogens with two attached hydrogens (primary N) is 1. The number of aromatic nitrogens is 1. The summed E-state index contributed by atoms with van der Waals surface area (Å²) >= 11 is 0. The van der Waals surface area contributed by atoms with Crippen LogP contribution in [0, 0.1) is 5.41 Å². The Kier molecular flexibility index (Phi) is 5.03. The number of aryl methyl sites for hydroxylation is 1. The molecule has 3 heteroatoms. The second-order valence-corrected chi connectivity index (χ2v) is 6.16. The number of anilines is 1. The van der Waals surface area contributed by atoms with Gasteiger partial charge in [-0.25, -0.2) is 4.98 Å². The lowest BCUT2D eigenvalue weighted by atomic mass is 9.82. The van der Waals surface area contributed by atoms with Gasteiger partial charge in [-0.2, -0.15) is 0 Å². The van der Waals surface area contributed by atoms with Crippen molar-refractivity contribution in [3.63, 3.8) is 0 Å². The summed E-state index contributed by atoms with van der Waals surface area (Å²) in [7, 11) is 0. The number of rotatable bonds is 6. The summed E-state index contributed by atoms with van der Waals surface area (Å²) in [6.07, 6.45) is 5.99. The number of pyridine rings is 1. The molecule has 1 fully saturated rings. The molecule has 0 bridgehead atoms. The maximum absolute atomic E-state index is 5.84. The lowest BCUT2D eigenvalue weighted by molar-refractivity contribution is 0.301. The third kappa shape index (κ3) is 3.14. The number of hydrogen-bond donors (Lipinski definition) is 1. The second-order valence-electron chi connectivity index (χ2n) is 6.16. The highest BCUT2D eigenvalue weighted by Gasteiger charge is 2.35. The molecule has 0 amide bonds. The smallest absolute Gasteiger partial charge is 0.129 e. The molecule has 1 saturated heterocycles. The topological polar surface area (TPSA) is 42.1 Å². The van der Waals surface area contributed by atoms with Gasteiger partial charge < -0.3 is 10.6 Å². The Labute approximate surface area is 123 Å². The number of hydrogen-bond acceptors (Lipinski definition) is 3. The third-order valence-electron chi connectivity index (χ3n) is 4.93. The fraction of sp³-hybridized carbons (Fsp3) is 0.706. The van der Waals surface area contributed by atoms with E-state index in [1.54, 1.807) is 0 Å². The molecule has 0 aliphatic carbocycles. The molecule has 2 N–H and O–H groups in total. The van der Waals surface area contributed by atoms with Gasteiger partial charge in [0.05, 0.1) is 0 Å². The van der Waals surface area contributed by atoms with Crippen molar-refractivity contribution in [1.82, 2.24) is 4.98 Å². The van der Waals surface area contributed by atoms with Crippen LogP contribution in [-0.4, -0.2) is 18.1 Å². The van der Waals surface area contributed by atoms with Gasteiger partial charge in [0.2, 0.25) is 0 Å². The summed E-state index contributed by atoms with van der Waals surface area (Å²) in [5.41, 5.74) is 8.74. The highest BCUT2D eigenvalue weighted by atomic mass is 15.2. The van der Waals surface area contributed by atoms with Crippen LogP contribution in [0.15, 0.2) is 12.1 Å². The van der Waals surface area contributed by atoms with E-state index < -0.39 is 0 Å². The van der Waals surface area contributed by atoms with Crippen molar-refractivity contribution in [2.24, 2.45) is 11.1 Å². The van der Waals surface area contributed by atoms with E-state index in [1.807, 2.05) is 0 Å². The minimum absolute atomic E-state index is 0.491. The molecule has 2 rings (SSSR count). The molecule has 0 aromatic carbocycles. The zero-order chi connectivity index (χ0) is 14.6. The van der Waals surface area contributed by atoms with Crippen molar-refractivity contribution in [2.75, 3.05) is 18.0 Å². The van der Waals surface area contributed by atoms with Crippen molar-refractivity contribution >= 4 is 5.82 Å². The lowest BCUT2D eigenvalue weighted by Gasteiger charge is -2.27. The largest absolute Gasteiger partial charge is 0.356 e. The molecular weight excluding hydrogens is 246 g/mol. The minimum atomic E-state index is 0.491. The van der Waals surface area contributed by atoms with Gasteiger partial charge in [0.15, 0.2) is 0 Å². The van der Waals surface area contributed by atoms with Crippen LogP contribution >= 0.6 is 0 Å². The average Bonchev–Trinajstić information content (AvgIpc) is 2.92. The maximum atomic E-state index is 5.84. The summed E-state index contributed by atoms with van der Waals surface area (Å²) in [5.74, 6) is 1.14. The summed E-state index contributed by atoms with van der Waals surface area (Å²) < 4.78 is 0. The van der Waals surface area contributed by atoms with Gasteiger partial charge in [0.1, 0.15) is 5.82 Å². The standard InChI is InChI=1S/C17H29N3/c1-4-7-15-10-14(12-18)11-16(19-15)20-9-8-17(5-2,6-3)13-20/h10-11H,4-9,12-13,18H2,1-3H3. The van der Waals surface area contributed by atoms with Crippen LogP contribution in [0.5, 0.6) is 0 Å². The molecular formula is C17H29N3. The summed E-state index contributed by atoms with van der Waals surface area (Å²) in [6, 6.07) is 4.34. The Bertz CT molecular complexity index is 438. The average molecular weight is 275 g/mol. The first-order valence-corrected chi connectivity index (χ1v) is 8.11. The Balaban J connectivity index is 2.22. The molecule has 0 atom stereocenters. The monoisotopic (exact) mass is 275 g/mol. The molecule has 3 nitrogen and oxygen atoms in total. The van der Waals surface area contributed by atoms with E-state index in [0.717, 1.165) is 31.7 Å². The van der Waals surface area contributed by atoms with Crippen molar-refractivity contribution in [2.45, 2.75) is 59.4 Å². The van der Waals surface area contributed by atoms with Crippen molar-refractivity contribution in [3.05, 3.63) is 23.4 Å². The molecule has 1 aromatic rings. The van der Waals surface area contributed by atoms with Gasteiger partial charge in [-0.05, 0) is 48.8 Å². The zero-order valence-corrected chi connectivity index (χ0v) is 13.3. The van der Waals surface area contributed by atoms with Crippen LogP contribution in [0.1, 0.15) is 57.7 Å². The van der Waals surface area contributed by atoms with Crippen LogP contribution in [0.25, 0.3) is 0 Å². The molecule has 2 heterocycles. The van der Waals surface area contributed by atoms with Gasteiger partial charge in [0.25, 0.3) is 0 Å². The van der Waals surface area contributed by atoms with Gasteiger partial charge in [0, 0.05) is 25.3 Å². The Morgan fingerprint density at radius 2 is 2.00 bits per heavy atom. The van der Waals surface area contributed by atoms with E-state index >= 15 is 0 Å². The predicted molar refractivity (Wildman–Crippen MR) is 86.0 cm³/mol. The second kappa shape index (κ2) is 6.57. The number of nitrogens with zero attached hydrogens (tertiary/aromatic N) is 2. The Hall–Kier alpha value is -1.09. The maximum Gasteiger partial charge on any atom is 0.129 e. The quantitative estimate of drug-likeness (QED) is 0.864. The van der Waals surface area contributed by atoms with Gasteiger partial charge >= 0.3 is 0 Å². The van der Waals surface area contributed by atoms with Crippen molar-refractivity contribution < 1.29 is 0 Å². The van der Waals surface area contributed by atoms with E-state index in [0.29, 0.717) is 12.0 Å².